The summed E-state index contributed by atoms with van der Waals surface area (Å²) < 4.78 is 1.83. The number of hydrogen-bond donors (Lipinski definition) is 1. The van der Waals surface area contributed by atoms with Gasteiger partial charge in [-0.3, -0.25) is 4.79 Å². The zero-order valence-corrected chi connectivity index (χ0v) is 16.9. The molecule has 0 spiro atoms. The number of para-hydroxylation sites is 1. The van der Waals surface area contributed by atoms with Crippen LogP contribution in [0.5, 0.6) is 0 Å². The van der Waals surface area contributed by atoms with Gasteiger partial charge in [-0.05, 0) is 38.3 Å². The molecule has 0 aliphatic heterocycles. The van der Waals surface area contributed by atoms with Gasteiger partial charge in [0.05, 0.1) is 5.25 Å². The van der Waals surface area contributed by atoms with E-state index in [0.717, 1.165) is 31.2 Å². The second-order valence-corrected chi connectivity index (χ2v) is 9.46. The summed E-state index contributed by atoms with van der Waals surface area (Å²) in [5.41, 5.74) is 3.06. The van der Waals surface area contributed by atoms with Crippen molar-refractivity contribution in [3.8, 4) is 0 Å². The lowest BCUT2D eigenvalue weighted by Gasteiger charge is -2.14. The maximum absolute atomic E-state index is 12.5. The van der Waals surface area contributed by atoms with Gasteiger partial charge in [-0.2, -0.15) is 0 Å². The average molecular weight is 382 g/mol. The van der Waals surface area contributed by atoms with Crippen LogP contribution in [0, 0.1) is 13.8 Å². The van der Waals surface area contributed by atoms with Gasteiger partial charge in [-0.25, -0.2) is 0 Å². The Kier molecular flexibility index (Phi) is 7.58. The predicted molar refractivity (Wildman–Crippen MR) is 105 cm³/mol. The SMILES string of the molecule is CCCCSc1nnc(S[C@@H](C)C(=O)Nc2c(C)cccc2C)s1. The Morgan fingerprint density at radius 3 is 2.58 bits per heavy atom. The van der Waals surface area contributed by atoms with Gasteiger partial charge in [0, 0.05) is 11.4 Å². The van der Waals surface area contributed by atoms with E-state index in [-0.39, 0.29) is 11.2 Å². The lowest BCUT2D eigenvalue weighted by Crippen LogP contribution is -2.23. The number of hydrogen-bond acceptors (Lipinski definition) is 6. The van der Waals surface area contributed by atoms with E-state index in [4.69, 9.17) is 0 Å². The Morgan fingerprint density at radius 1 is 1.25 bits per heavy atom. The van der Waals surface area contributed by atoms with Crippen molar-refractivity contribution in [1.29, 1.82) is 0 Å². The Labute approximate surface area is 156 Å². The van der Waals surface area contributed by atoms with Crippen molar-refractivity contribution < 1.29 is 4.79 Å². The lowest BCUT2D eigenvalue weighted by molar-refractivity contribution is -0.115. The molecule has 1 heterocycles. The number of anilines is 1. The first-order valence-electron chi connectivity index (χ1n) is 8.01. The van der Waals surface area contributed by atoms with Gasteiger partial charge >= 0.3 is 0 Å². The molecule has 0 fully saturated rings. The molecule has 0 aliphatic carbocycles. The molecule has 1 amide bonds. The molecule has 1 N–H and O–H groups in total. The zero-order chi connectivity index (χ0) is 17.5. The van der Waals surface area contributed by atoms with Crippen LogP contribution < -0.4 is 5.32 Å². The maximum Gasteiger partial charge on any atom is 0.237 e. The monoisotopic (exact) mass is 381 g/mol. The van der Waals surface area contributed by atoms with Gasteiger partial charge in [0.1, 0.15) is 0 Å². The van der Waals surface area contributed by atoms with Crippen molar-refractivity contribution in [1.82, 2.24) is 10.2 Å². The second kappa shape index (κ2) is 9.44. The Balaban J connectivity index is 1.92. The first kappa shape index (κ1) is 19.3. The summed E-state index contributed by atoms with van der Waals surface area (Å²) in [6.07, 6.45) is 2.37. The number of rotatable bonds is 8. The normalized spacial score (nSPS) is 12.2. The lowest BCUT2D eigenvalue weighted by atomic mass is 10.1. The molecule has 0 saturated carbocycles. The molecule has 1 atom stereocenters. The zero-order valence-electron chi connectivity index (χ0n) is 14.5. The molecule has 0 saturated heterocycles. The molecule has 0 unspecified atom stereocenters. The number of nitrogens with zero attached hydrogens (tertiary/aromatic N) is 2. The number of aromatic nitrogens is 2. The molecule has 2 aromatic rings. The molecule has 24 heavy (non-hydrogen) atoms. The third-order valence-corrected chi connectivity index (χ3v) is 6.81. The molecule has 7 heteroatoms. The average Bonchev–Trinajstić information content (AvgIpc) is 2.98. The van der Waals surface area contributed by atoms with E-state index in [1.165, 1.54) is 24.6 Å². The van der Waals surface area contributed by atoms with E-state index in [1.54, 1.807) is 23.1 Å². The van der Waals surface area contributed by atoms with Crippen LogP contribution in [0.15, 0.2) is 26.9 Å². The fraction of sp³-hybridized carbons (Fsp3) is 0.471. The number of amides is 1. The van der Waals surface area contributed by atoms with Crippen LogP contribution in [0.2, 0.25) is 0 Å². The molecule has 1 aromatic carbocycles. The third kappa shape index (κ3) is 5.50. The van der Waals surface area contributed by atoms with E-state index in [1.807, 2.05) is 39.0 Å². The van der Waals surface area contributed by atoms with E-state index >= 15 is 0 Å². The number of carbonyl (C=O) groups excluding carboxylic acids is 1. The van der Waals surface area contributed by atoms with Crippen LogP contribution in [-0.2, 0) is 4.79 Å². The molecule has 0 radical (unpaired) electrons. The Bertz CT molecular complexity index is 667. The third-order valence-electron chi connectivity index (χ3n) is 3.49. The predicted octanol–water partition coefficient (Wildman–Crippen LogP) is 5.17. The smallest absolute Gasteiger partial charge is 0.237 e. The van der Waals surface area contributed by atoms with Gasteiger partial charge in [0.15, 0.2) is 8.68 Å². The quantitative estimate of drug-likeness (QED) is 0.505. The van der Waals surface area contributed by atoms with Crippen molar-refractivity contribution in [2.75, 3.05) is 11.1 Å². The summed E-state index contributed by atoms with van der Waals surface area (Å²) in [5.74, 6) is 1.06. The number of unbranched alkanes of at least 4 members (excludes halogenated alkanes) is 1. The van der Waals surface area contributed by atoms with Crippen molar-refractivity contribution in [3.63, 3.8) is 0 Å². The summed E-state index contributed by atoms with van der Waals surface area (Å²) in [7, 11) is 0. The highest BCUT2D eigenvalue weighted by molar-refractivity contribution is 8.03. The van der Waals surface area contributed by atoms with Crippen LogP contribution in [0.4, 0.5) is 5.69 Å². The van der Waals surface area contributed by atoms with Crippen LogP contribution in [-0.4, -0.2) is 27.1 Å². The standard InChI is InChI=1S/C17H23N3OS3/c1-5-6-10-22-16-19-20-17(24-16)23-13(4)15(21)18-14-11(2)8-7-9-12(14)3/h7-9,13H,5-6,10H2,1-4H3,(H,18,21)/t13-/m0/s1. The molecule has 4 nitrogen and oxygen atoms in total. The van der Waals surface area contributed by atoms with E-state index < -0.39 is 0 Å². The fourth-order valence-corrected chi connectivity index (χ4v) is 5.37. The summed E-state index contributed by atoms with van der Waals surface area (Å²) in [6, 6.07) is 6.01. The number of benzene rings is 1. The van der Waals surface area contributed by atoms with E-state index in [2.05, 4.69) is 22.4 Å². The molecule has 0 bridgehead atoms. The summed E-state index contributed by atoms with van der Waals surface area (Å²) >= 11 is 4.77. The Morgan fingerprint density at radius 2 is 1.92 bits per heavy atom. The van der Waals surface area contributed by atoms with Crippen molar-refractivity contribution in [2.24, 2.45) is 0 Å². The number of carbonyl (C=O) groups is 1. The van der Waals surface area contributed by atoms with Crippen LogP contribution >= 0.6 is 34.9 Å². The number of nitrogens with one attached hydrogen (secondary N) is 1. The highest BCUT2D eigenvalue weighted by atomic mass is 32.2. The van der Waals surface area contributed by atoms with Gasteiger partial charge in [0.25, 0.3) is 0 Å². The van der Waals surface area contributed by atoms with E-state index in [0.29, 0.717) is 0 Å². The molecule has 130 valence electrons. The molecule has 1 aromatic heterocycles. The highest BCUT2D eigenvalue weighted by Crippen LogP contribution is 2.32. The minimum absolute atomic E-state index is 0.00668. The highest BCUT2D eigenvalue weighted by Gasteiger charge is 2.18. The summed E-state index contributed by atoms with van der Waals surface area (Å²) in [6.45, 7) is 8.09. The largest absolute Gasteiger partial charge is 0.325 e. The van der Waals surface area contributed by atoms with Gasteiger partial charge in [-0.1, -0.05) is 66.4 Å². The van der Waals surface area contributed by atoms with Crippen LogP contribution in [0.25, 0.3) is 0 Å². The Hall–Kier alpha value is -1.05. The van der Waals surface area contributed by atoms with Crippen molar-refractivity contribution in [3.05, 3.63) is 29.3 Å². The molecule has 2 rings (SSSR count). The topological polar surface area (TPSA) is 54.9 Å². The second-order valence-electron chi connectivity index (χ2n) is 5.55. The summed E-state index contributed by atoms with van der Waals surface area (Å²) in [4.78, 5) is 12.5. The van der Waals surface area contributed by atoms with Crippen LogP contribution in [0.1, 0.15) is 37.8 Å². The maximum atomic E-state index is 12.5. The van der Waals surface area contributed by atoms with Crippen LogP contribution in [0.3, 0.4) is 0 Å². The fourth-order valence-electron chi connectivity index (χ4n) is 2.05. The van der Waals surface area contributed by atoms with E-state index in [9.17, 15) is 4.79 Å². The number of thioether (sulfide) groups is 2. The summed E-state index contributed by atoms with van der Waals surface area (Å²) in [5, 5.41) is 11.2. The van der Waals surface area contributed by atoms with Crippen molar-refractivity contribution >= 4 is 46.5 Å². The molecule has 0 aliphatic rings. The molecular formula is C17H23N3OS3. The van der Waals surface area contributed by atoms with Gasteiger partial charge < -0.3 is 5.32 Å². The minimum Gasteiger partial charge on any atom is -0.325 e. The van der Waals surface area contributed by atoms with Gasteiger partial charge in [0.2, 0.25) is 5.91 Å². The first-order valence-corrected chi connectivity index (χ1v) is 10.7. The minimum atomic E-state index is -0.217. The van der Waals surface area contributed by atoms with Gasteiger partial charge in [-0.15, -0.1) is 10.2 Å². The number of aryl methyl sites for hydroxylation is 2. The first-order chi connectivity index (χ1) is 11.5. The molecular weight excluding hydrogens is 358 g/mol. The van der Waals surface area contributed by atoms with Crippen molar-refractivity contribution in [2.45, 2.75) is 54.5 Å².